The van der Waals surface area contributed by atoms with E-state index in [-0.39, 0.29) is 5.75 Å². The van der Waals surface area contributed by atoms with Gasteiger partial charge in [0.25, 0.3) is 0 Å². The SMILES string of the molecule is CCOc1ccc(NC(=O)C(=O)N/N=C\c2ccc(OC(=O)/C=C/c3ccccc3)c(OC)c2)cc1. The third-order valence-corrected chi connectivity index (χ3v) is 4.62. The molecule has 0 aliphatic heterocycles. The zero-order valence-electron chi connectivity index (χ0n) is 19.8. The van der Waals surface area contributed by atoms with Crippen LogP contribution in [0.4, 0.5) is 5.69 Å². The molecule has 184 valence electrons. The van der Waals surface area contributed by atoms with Crippen LogP contribution >= 0.6 is 0 Å². The standard InChI is InChI=1S/C27H25N3O6/c1-3-35-22-13-11-21(12-14-22)29-26(32)27(33)30-28-18-20-9-15-23(24(17-20)34-2)36-25(31)16-10-19-7-5-4-6-8-19/h4-18H,3H2,1-2H3,(H,29,32)(H,30,33)/b16-10+,28-18-. The molecular weight excluding hydrogens is 462 g/mol. The van der Waals surface area contributed by atoms with Gasteiger partial charge in [-0.1, -0.05) is 30.3 Å². The van der Waals surface area contributed by atoms with Gasteiger partial charge in [-0.25, -0.2) is 10.2 Å². The highest BCUT2D eigenvalue weighted by atomic mass is 16.6. The first-order valence-electron chi connectivity index (χ1n) is 11.0. The molecule has 2 N–H and O–H groups in total. The van der Waals surface area contributed by atoms with Crippen molar-refractivity contribution in [2.75, 3.05) is 19.0 Å². The number of carbonyl (C=O) groups excluding carboxylic acids is 3. The normalized spacial score (nSPS) is 10.7. The zero-order chi connectivity index (χ0) is 25.8. The van der Waals surface area contributed by atoms with E-state index in [0.29, 0.717) is 29.4 Å². The molecule has 9 heteroatoms. The van der Waals surface area contributed by atoms with Gasteiger partial charge >= 0.3 is 17.8 Å². The second kappa shape index (κ2) is 13.1. The van der Waals surface area contributed by atoms with Crippen molar-refractivity contribution >= 4 is 35.8 Å². The van der Waals surface area contributed by atoms with Gasteiger partial charge in [-0.3, -0.25) is 9.59 Å². The number of amides is 2. The lowest BCUT2D eigenvalue weighted by Gasteiger charge is -2.08. The molecule has 9 nitrogen and oxygen atoms in total. The Morgan fingerprint density at radius 3 is 2.33 bits per heavy atom. The smallest absolute Gasteiger partial charge is 0.336 e. The maximum Gasteiger partial charge on any atom is 0.336 e. The van der Waals surface area contributed by atoms with Crippen molar-refractivity contribution in [1.29, 1.82) is 0 Å². The molecule has 0 fully saturated rings. The molecule has 0 unspecified atom stereocenters. The second-order valence-electron chi connectivity index (χ2n) is 7.19. The van der Waals surface area contributed by atoms with Gasteiger partial charge in [-0.2, -0.15) is 5.10 Å². The summed E-state index contributed by atoms with van der Waals surface area (Å²) < 4.78 is 16.0. The topological polar surface area (TPSA) is 115 Å². The number of methoxy groups -OCH3 is 1. The van der Waals surface area contributed by atoms with Crippen LogP contribution in [0, 0.1) is 0 Å². The lowest BCUT2D eigenvalue weighted by Crippen LogP contribution is -2.32. The summed E-state index contributed by atoms with van der Waals surface area (Å²) in [6.45, 7) is 2.39. The van der Waals surface area contributed by atoms with Crippen LogP contribution in [0.15, 0.2) is 84.0 Å². The Kier molecular flexibility index (Phi) is 9.35. The van der Waals surface area contributed by atoms with Crippen molar-refractivity contribution < 1.29 is 28.6 Å². The molecule has 36 heavy (non-hydrogen) atoms. The van der Waals surface area contributed by atoms with Crippen LogP contribution in [-0.2, 0) is 14.4 Å². The molecule has 3 aromatic rings. The number of ether oxygens (including phenoxy) is 3. The largest absolute Gasteiger partial charge is 0.494 e. The van der Waals surface area contributed by atoms with Crippen LogP contribution in [-0.4, -0.2) is 37.7 Å². The third-order valence-electron chi connectivity index (χ3n) is 4.62. The minimum Gasteiger partial charge on any atom is -0.494 e. The summed E-state index contributed by atoms with van der Waals surface area (Å²) in [5.74, 6) is -1.22. The minimum absolute atomic E-state index is 0.219. The molecule has 0 aliphatic rings. The summed E-state index contributed by atoms with van der Waals surface area (Å²) in [5.41, 5.74) is 4.00. The van der Waals surface area contributed by atoms with E-state index in [1.54, 1.807) is 42.5 Å². The molecule has 0 aliphatic carbocycles. The van der Waals surface area contributed by atoms with Crippen LogP contribution in [0.3, 0.4) is 0 Å². The first kappa shape index (κ1) is 25.7. The van der Waals surface area contributed by atoms with Gasteiger partial charge in [-0.05, 0) is 66.6 Å². The summed E-state index contributed by atoms with van der Waals surface area (Å²) in [6, 6.07) is 20.7. The Hall–Kier alpha value is -4.92. The molecule has 3 rings (SSSR count). The summed E-state index contributed by atoms with van der Waals surface area (Å²) in [4.78, 5) is 36.2. The molecule has 0 aromatic heterocycles. The summed E-state index contributed by atoms with van der Waals surface area (Å²) in [7, 11) is 1.43. The number of nitrogens with one attached hydrogen (secondary N) is 2. The zero-order valence-corrected chi connectivity index (χ0v) is 19.8. The van der Waals surface area contributed by atoms with Crippen LogP contribution in [0.1, 0.15) is 18.1 Å². The fourth-order valence-electron chi connectivity index (χ4n) is 2.92. The van der Waals surface area contributed by atoms with Crippen LogP contribution < -0.4 is 25.0 Å². The summed E-state index contributed by atoms with van der Waals surface area (Å²) in [5, 5.41) is 6.26. The summed E-state index contributed by atoms with van der Waals surface area (Å²) >= 11 is 0. The highest BCUT2D eigenvalue weighted by Gasteiger charge is 2.13. The first-order valence-corrected chi connectivity index (χ1v) is 11.0. The molecule has 0 heterocycles. The fourth-order valence-corrected chi connectivity index (χ4v) is 2.92. The van der Waals surface area contributed by atoms with E-state index in [0.717, 1.165) is 5.56 Å². The monoisotopic (exact) mass is 487 g/mol. The Morgan fingerprint density at radius 2 is 1.64 bits per heavy atom. The molecule has 0 spiro atoms. The van der Waals surface area contributed by atoms with Crippen molar-refractivity contribution in [2.24, 2.45) is 5.10 Å². The Morgan fingerprint density at radius 1 is 0.889 bits per heavy atom. The number of rotatable bonds is 9. The molecule has 3 aromatic carbocycles. The van der Waals surface area contributed by atoms with Crippen LogP contribution in [0.2, 0.25) is 0 Å². The summed E-state index contributed by atoms with van der Waals surface area (Å²) in [6.07, 6.45) is 4.29. The van der Waals surface area contributed by atoms with Gasteiger partial charge in [-0.15, -0.1) is 0 Å². The predicted octanol–water partition coefficient (Wildman–Crippen LogP) is 3.80. The Balaban J connectivity index is 1.54. The van der Waals surface area contributed by atoms with Gasteiger partial charge in [0.2, 0.25) is 0 Å². The second-order valence-corrected chi connectivity index (χ2v) is 7.19. The lowest BCUT2D eigenvalue weighted by atomic mass is 10.2. The van der Waals surface area contributed by atoms with Gasteiger partial charge in [0, 0.05) is 11.8 Å². The molecule has 0 saturated carbocycles. The van der Waals surface area contributed by atoms with E-state index in [2.05, 4.69) is 15.8 Å². The molecule has 0 atom stereocenters. The van der Waals surface area contributed by atoms with Crippen LogP contribution in [0.5, 0.6) is 17.2 Å². The average Bonchev–Trinajstić information content (AvgIpc) is 2.90. The minimum atomic E-state index is -0.942. The molecule has 2 amide bonds. The predicted molar refractivity (Wildman–Crippen MR) is 136 cm³/mol. The number of hydrazone groups is 1. The molecule has 0 radical (unpaired) electrons. The van der Waals surface area contributed by atoms with E-state index in [1.807, 2.05) is 37.3 Å². The highest BCUT2D eigenvalue weighted by Crippen LogP contribution is 2.28. The van der Waals surface area contributed by atoms with Crippen LogP contribution in [0.25, 0.3) is 6.08 Å². The first-order chi connectivity index (χ1) is 17.5. The third kappa shape index (κ3) is 7.84. The van der Waals surface area contributed by atoms with Crippen molar-refractivity contribution in [1.82, 2.24) is 5.43 Å². The Labute approximate surface area is 208 Å². The maximum absolute atomic E-state index is 12.1. The Bertz CT molecular complexity index is 1250. The quantitative estimate of drug-likeness (QED) is 0.118. The van der Waals surface area contributed by atoms with Gasteiger partial charge in [0.1, 0.15) is 5.75 Å². The van der Waals surface area contributed by atoms with Crippen molar-refractivity contribution in [2.45, 2.75) is 6.92 Å². The molecule has 0 saturated heterocycles. The number of esters is 1. The van der Waals surface area contributed by atoms with Crippen molar-refractivity contribution in [3.05, 3.63) is 90.0 Å². The van der Waals surface area contributed by atoms with E-state index in [4.69, 9.17) is 14.2 Å². The number of hydrogen-bond acceptors (Lipinski definition) is 7. The fraction of sp³-hybridized carbons (Fsp3) is 0.111. The maximum atomic E-state index is 12.1. The molecule has 0 bridgehead atoms. The highest BCUT2D eigenvalue weighted by molar-refractivity contribution is 6.39. The average molecular weight is 488 g/mol. The number of nitrogens with zero attached hydrogens (tertiary/aromatic N) is 1. The van der Waals surface area contributed by atoms with Crippen molar-refractivity contribution in [3.8, 4) is 17.2 Å². The molecular formula is C27H25N3O6. The number of carbonyl (C=O) groups is 3. The van der Waals surface area contributed by atoms with E-state index in [9.17, 15) is 14.4 Å². The van der Waals surface area contributed by atoms with E-state index >= 15 is 0 Å². The van der Waals surface area contributed by atoms with Gasteiger partial charge in [0.15, 0.2) is 11.5 Å². The van der Waals surface area contributed by atoms with Crippen molar-refractivity contribution in [3.63, 3.8) is 0 Å². The van der Waals surface area contributed by atoms with E-state index < -0.39 is 17.8 Å². The number of hydrogen-bond donors (Lipinski definition) is 2. The lowest BCUT2D eigenvalue weighted by molar-refractivity contribution is -0.136. The van der Waals surface area contributed by atoms with Gasteiger partial charge < -0.3 is 19.5 Å². The number of anilines is 1. The van der Waals surface area contributed by atoms with Gasteiger partial charge in [0.05, 0.1) is 19.9 Å². The van der Waals surface area contributed by atoms with E-state index in [1.165, 1.54) is 25.5 Å². The number of benzene rings is 3.